The van der Waals surface area contributed by atoms with Gasteiger partial charge in [0.15, 0.2) is 12.4 Å². The average molecular weight is 385 g/mol. The first-order valence-electron chi connectivity index (χ1n) is 8.65. The lowest BCUT2D eigenvalue weighted by atomic mass is 10.2. The number of ether oxygens (including phenoxy) is 2. The van der Waals surface area contributed by atoms with Crippen molar-refractivity contribution in [1.29, 1.82) is 0 Å². The largest absolute Gasteiger partial charge is 0.487 e. The summed E-state index contributed by atoms with van der Waals surface area (Å²) in [5, 5.41) is 13.7. The van der Waals surface area contributed by atoms with Crippen LogP contribution in [0.1, 0.15) is 12.8 Å². The number of nitro groups is 1. The van der Waals surface area contributed by atoms with Crippen LogP contribution in [-0.2, 0) is 9.59 Å². The molecule has 1 heterocycles. The van der Waals surface area contributed by atoms with Crippen molar-refractivity contribution in [2.45, 2.75) is 12.8 Å². The average Bonchev–Trinajstić information content (AvgIpc) is 2.68. The van der Waals surface area contributed by atoms with Crippen LogP contribution in [0.5, 0.6) is 11.5 Å². The number of anilines is 2. The molecule has 0 saturated heterocycles. The van der Waals surface area contributed by atoms with E-state index < -0.39 is 4.92 Å². The van der Waals surface area contributed by atoms with E-state index in [1.165, 1.54) is 17.0 Å². The number of carbonyl (C=O) groups is 2. The maximum absolute atomic E-state index is 12.1. The normalized spacial score (nSPS) is 12.8. The number of fused-ring (bicyclic) bond motifs is 1. The van der Waals surface area contributed by atoms with E-state index in [9.17, 15) is 19.7 Å². The van der Waals surface area contributed by atoms with Crippen LogP contribution in [0.2, 0.25) is 0 Å². The van der Waals surface area contributed by atoms with E-state index in [0.717, 1.165) is 0 Å². The third-order valence-corrected chi connectivity index (χ3v) is 4.20. The number of amides is 2. The first kappa shape index (κ1) is 19.2. The van der Waals surface area contributed by atoms with Gasteiger partial charge in [-0.1, -0.05) is 12.1 Å². The molecule has 0 unspecified atom stereocenters. The molecule has 1 aliphatic heterocycles. The molecule has 0 bridgehead atoms. The lowest BCUT2D eigenvalue weighted by molar-refractivity contribution is -0.385. The summed E-state index contributed by atoms with van der Waals surface area (Å²) >= 11 is 0. The first-order chi connectivity index (χ1) is 13.5. The van der Waals surface area contributed by atoms with Crippen molar-refractivity contribution in [2.24, 2.45) is 0 Å². The van der Waals surface area contributed by atoms with Gasteiger partial charge in [0.2, 0.25) is 5.91 Å². The number of rotatable bonds is 7. The van der Waals surface area contributed by atoms with Crippen molar-refractivity contribution in [2.75, 3.05) is 30.5 Å². The van der Waals surface area contributed by atoms with Gasteiger partial charge in [-0.2, -0.15) is 0 Å². The minimum atomic E-state index is -0.509. The lowest BCUT2D eigenvalue weighted by Crippen LogP contribution is -2.35. The van der Waals surface area contributed by atoms with Gasteiger partial charge in [0.05, 0.1) is 17.2 Å². The fraction of sp³-hybridized carbons (Fsp3) is 0.263. The molecule has 2 aromatic carbocycles. The summed E-state index contributed by atoms with van der Waals surface area (Å²) in [7, 11) is 1.67. The first-order valence-corrected chi connectivity index (χ1v) is 8.65. The Morgan fingerprint density at radius 2 is 2.11 bits per heavy atom. The van der Waals surface area contributed by atoms with Crippen LogP contribution < -0.4 is 19.7 Å². The van der Waals surface area contributed by atoms with Crippen LogP contribution in [-0.4, -0.2) is 37.0 Å². The maximum Gasteiger partial charge on any atom is 0.310 e. The molecule has 1 aliphatic rings. The molecular formula is C19H19N3O6. The van der Waals surface area contributed by atoms with Gasteiger partial charge in [0.1, 0.15) is 5.75 Å². The molecule has 9 nitrogen and oxygen atoms in total. The number of hydrogen-bond donors (Lipinski definition) is 1. The standard InChI is InChI=1S/C19H19N3O6/c1-21-14-9-8-13(11-17(14)28-12-19(21)24)20-18(23)7-4-10-27-16-6-3-2-5-15(16)22(25)26/h2-3,5-6,8-9,11H,4,7,10,12H2,1H3,(H,20,23). The third kappa shape index (κ3) is 4.37. The maximum atomic E-state index is 12.1. The summed E-state index contributed by atoms with van der Waals surface area (Å²) in [5.74, 6) is 0.354. The summed E-state index contributed by atoms with van der Waals surface area (Å²) in [6.07, 6.45) is 0.591. The van der Waals surface area contributed by atoms with Crippen LogP contribution in [0, 0.1) is 10.1 Å². The van der Waals surface area contributed by atoms with Crippen molar-refractivity contribution in [3.8, 4) is 11.5 Å². The van der Waals surface area contributed by atoms with E-state index in [2.05, 4.69) is 5.32 Å². The van der Waals surface area contributed by atoms with E-state index in [1.54, 1.807) is 37.4 Å². The molecular weight excluding hydrogens is 366 g/mol. The predicted octanol–water partition coefficient (Wildman–Crippen LogP) is 2.75. The molecule has 28 heavy (non-hydrogen) atoms. The third-order valence-electron chi connectivity index (χ3n) is 4.20. The van der Waals surface area contributed by atoms with E-state index in [0.29, 0.717) is 23.5 Å². The second kappa shape index (κ2) is 8.38. The molecule has 146 valence electrons. The van der Waals surface area contributed by atoms with E-state index in [4.69, 9.17) is 9.47 Å². The molecule has 0 radical (unpaired) electrons. The number of carbonyl (C=O) groups excluding carboxylic acids is 2. The molecule has 9 heteroatoms. The van der Waals surface area contributed by atoms with Gasteiger partial charge in [0.25, 0.3) is 5.91 Å². The molecule has 1 N–H and O–H groups in total. The van der Waals surface area contributed by atoms with E-state index in [1.807, 2.05) is 0 Å². The Labute approximate surface area is 161 Å². The highest BCUT2D eigenvalue weighted by molar-refractivity contribution is 5.98. The monoisotopic (exact) mass is 385 g/mol. The Hall–Kier alpha value is -3.62. The van der Waals surface area contributed by atoms with Gasteiger partial charge in [-0.25, -0.2) is 0 Å². The number of likely N-dealkylation sites (N-methyl/N-ethyl adjacent to an activating group) is 1. The Kier molecular flexibility index (Phi) is 5.73. The quantitative estimate of drug-likeness (QED) is 0.446. The Bertz CT molecular complexity index is 914. The highest BCUT2D eigenvalue weighted by Crippen LogP contribution is 2.33. The van der Waals surface area contributed by atoms with Crippen LogP contribution in [0.15, 0.2) is 42.5 Å². The fourth-order valence-electron chi connectivity index (χ4n) is 2.72. The topological polar surface area (TPSA) is 111 Å². The SMILES string of the molecule is CN1C(=O)COc2cc(NC(=O)CCCOc3ccccc3[N+](=O)[O-])ccc21. The second-order valence-electron chi connectivity index (χ2n) is 6.15. The molecule has 0 spiro atoms. The highest BCUT2D eigenvalue weighted by atomic mass is 16.6. The van der Waals surface area contributed by atoms with Crippen molar-refractivity contribution in [1.82, 2.24) is 0 Å². The highest BCUT2D eigenvalue weighted by Gasteiger charge is 2.22. The Balaban J connectivity index is 1.49. The predicted molar refractivity (Wildman–Crippen MR) is 102 cm³/mol. The van der Waals surface area contributed by atoms with Crippen LogP contribution in [0.4, 0.5) is 17.1 Å². The summed E-state index contributed by atoms with van der Waals surface area (Å²) in [4.78, 5) is 35.6. The number of nitrogens with zero attached hydrogens (tertiary/aromatic N) is 2. The molecule has 0 fully saturated rings. The van der Waals surface area contributed by atoms with E-state index in [-0.39, 0.29) is 42.9 Å². The van der Waals surface area contributed by atoms with Crippen molar-refractivity contribution >= 4 is 28.9 Å². The van der Waals surface area contributed by atoms with Crippen molar-refractivity contribution < 1.29 is 24.0 Å². The number of para-hydroxylation sites is 2. The number of benzene rings is 2. The molecule has 3 rings (SSSR count). The number of hydrogen-bond acceptors (Lipinski definition) is 6. The van der Waals surface area contributed by atoms with Gasteiger partial charge >= 0.3 is 5.69 Å². The van der Waals surface area contributed by atoms with Crippen LogP contribution >= 0.6 is 0 Å². The number of nitro benzene ring substituents is 1. The second-order valence-corrected chi connectivity index (χ2v) is 6.15. The zero-order chi connectivity index (χ0) is 20.1. The van der Waals surface area contributed by atoms with Crippen molar-refractivity contribution in [3.05, 3.63) is 52.6 Å². The summed E-state index contributed by atoms with van der Waals surface area (Å²) in [6.45, 7) is 0.141. The molecule has 2 aromatic rings. The van der Waals surface area contributed by atoms with Crippen LogP contribution in [0.3, 0.4) is 0 Å². The van der Waals surface area contributed by atoms with Gasteiger partial charge in [0, 0.05) is 31.3 Å². The minimum absolute atomic E-state index is 0.0378. The van der Waals surface area contributed by atoms with Crippen LogP contribution in [0.25, 0.3) is 0 Å². The van der Waals surface area contributed by atoms with Gasteiger partial charge in [-0.15, -0.1) is 0 Å². The van der Waals surface area contributed by atoms with Gasteiger partial charge in [-0.3, -0.25) is 19.7 Å². The summed E-state index contributed by atoms with van der Waals surface area (Å²) in [6, 6.07) is 11.2. The smallest absolute Gasteiger partial charge is 0.310 e. The van der Waals surface area contributed by atoms with Gasteiger partial charge in [-0.05, 0) is 24.6 Å². The lowest BCUT2D eigenvalue weighted by Gasteiger charge is -2.26. The molecule has 0 aliphatic carbocycles. The summed E-state index contributed by atoms with van der Waals surface area (Å²) in [5.41, 5.74) is 1.10. The number of nitrogens with one attached hydrogen (secondary N) is 1. The van der Waals surface area contributed by atoms with Crippen molar-refractivity contribution in [3.63, 3.8) is 0 Å². The zero-order valence-corrected chi connectivity index (χ0v) is 15.2. The Morgan fingerprint density at radius 1 is 1.32 bits per heavy atom. The van der Waals surface area contributed by atoms with E-state index >= 15 is 0 Å². The molecule has 2 amide bonds. The Morgan fingerprint density at radius 3 is 2.89 bits per heavy atom. The fourth-order valence-corrected chi connectivity index (χ4v) is 2.72. The minimum Gasteiger partial charge on any atom is -0.487 e. The molecule has 0 saturated carbocycles. The van der Waals surface area contributed by atoms with Gasteiger partial charge < -0.3 is 19.7 Å². The molecule has 0 atom stereocenters. The molecule has 0 aromatic heterocycles. The summed E-state index contributed by atoms with van der Waals surface area (Å²) < 4.78 is 10.8. The zero-order valence-electron chi connectivity index (χ0n) is 15.2.